The second-order valence-corrected chi connectivity index (χ2v) is 14.5. The highest BCUT2D eigenvalue weighted by atomic mass is 16.6. The molecule has 0 bridgehead atoms. The fourth-order valence-corrected chi connectivity index (χ4v) is 8.05. The molecule has 2 atom stereocenters. The first-order valence-electron chi connectivity index (χ1n) is 19.3. The minimum absolute atomic E-state index is 0.0479. The Hall–Kier alpha value is -7.74. The van der Waals surface area contributed by atoms with Gasteiger partial charge in [-0.05, 0) is 58.7 Å². The van der Waals surface area contributed by atoms with E-state index in [2.05, 4.69) is 10.6 Å². The van der Waals surface area contributed by atoms with E-state index in [9.17, 15) is 29.8 Å². The zero-order valence-electron chi connectivity index (χ0n) is 32.7. The Kier molecular flexibility index (Phi) is 10.8. The van der Waals surface area contributed by atoms with Gasteiger partial charge in [-0.3, -0.25) is 30.0 Å². The molecule has 0 aliphatic carbocycles. The number of carbonyl (C=O) groups excluding carboxylic acids is 2. The van der Waals surface area contributed by atoms with Crippen molar-refractivity contribution in [2.24, 2.45) is 0 Å². The lowest BCUT2D eigenvalue weighted by molar-refractivity contribution is -0.433. The molecule has 4 amide bonds. The summed E-state index contributed by atoms with van der Waals surface area (Å²) in [6, 6.07) is 37.0. The molecule has 0 saturated carbocycles. The largest absolute Gasteiger partial charge is 0.490 e. The zero-order valence-corrected chi connectivity index (χ0v) is 32.7. The Morgan fingerprint density at radius 1 is 0.533 bits per heavy atom. The van der Waals surface area contributed by atoms with Gasteiger partial charge in [0.25, 0.3) is 11.4 Å². The van der Waals surface area contributed by atoms with Gasteiger partial charge in [0.2, 0.25) is 0 Å². The van der Waals surface area contributed by atoms with E-state index in [-0.39, 0.29) is 49.1 Å². The first-order valence-corrected chi connectivity index (χ1v) is 19.3. The molecule has 6 aromatic rings. The number of hydrogen-bond donors (Lipinski definition) is 2. The van der Waals surface area contributed by atoms with E-state index < -0.39 is 34.0 Å². The highest BCUT2D eigenvalue weighted by Gasteiger charge is 2.43. The lowest BCUT2D eigenvalue weighted by atomic mass is 9.93. The van der Waals surface area contributed by atoms with Crippen LogP contribution in [0.4, 0.5) is 9.59 Å². The van der Waals surface area contributed by atoms with Crippen LogP contribution < -0.4 is 20.1 Å². The van der Waals surface area contributed by atoms with Crippen molar-refractivity contribution in [1.82, 2.24) is 20.4 Å². The lowest BCUT2D eigenvalue weighted by Crippen LogP contribution is -2.47. The molecule has 2 aliphatic heterocycles. The number of fused-ring (bicyclic) bond motifs is 2. The van der Waals surface area contributed by atoms with Crippen LogP contribution in [0.3, 0.4) is 0 Å². The molecule has 6 aromatic carbocycles. The van der Waals surface area contributed by atoms with Gasteiger partial charge in [0, 0.05) is 11.1 Å². The van der Waals surface area contributed by atoms with E-state index in [1.165, 1.54) is 9.80 Å². The molecule has 302 valence electrons. The van der Waals surface area contributed by atoms with Gasteiger partial charge in [-0.1, -0.05) is 121 Å². The molecule has 2 unspecified atom stereocenters. The number of nitrogens with zero attached hydrogens (tertiary/aromatic N) is 4. The molecule has 8 rings (SSSR count). The molecular weight excluding hydrogens is 765 g/mol. The minimum Gasteiger partial charge on any atom is -0.490 e. The van der Waals surface area contributed by atoms with E-state index >= 15 is 0 Å². The maximum Gasteiger partial charge on any atom is 0.323 e. The topological polar surface area (TPSA) is 169 Å². The molecule has 2 aliphatic rings. The van der Waals surface area contributed by atoms with Gasteiger partial charge in [-0.15, -0.1) is 0 Å². The van der Waals surface area contributed by atoms with Gasteiger partial charge in [-0.2, -0.15) is 0 Å². The second-order valence-electron chi connectivity index (χ2n) is 14.5. The van der Waals surface area contributed by atoms with Gasteiger partial charge in [0.05, 0.1) is 34.3 Å². The third kappa shape index (κ3) is 7.53. The normalized spacial score (nSPS) is 16.8. The predicted octanol–water partition coefficient (Wildman–Crippen LogP) is 9.00. The SMILES string of the molecule is CC1=C([N+](=O)[O-])C(c2c(OCCOc3ccc4ccccc4c3C3NC(=O)N(Cc4ccccc4)C(C)=C3[N+](=O)[O-])ccc3ccccc23)NC(=O)N1Cc1ccccc1. The number of hydrogen-bond acceptors (Lipinski definition) is 8. The van der Waals surface area contributed by atoms with Crippen LogP contribution in [-0.4, -0.2) is 44.9 Å². The van der Waals surface area contributed by atoms with Crippen molar-refractivity contribution in [2.45, 2.75) is 39.0 Å². The summed E-state index contributed by atoms with van der Waals surface area (Å²) in [6.07, 6.45) is 0. The van der Waals surface area contributed by atoms with Crippen molar-refractivity contribution in [3.63, 3.8) is 0 Å². The van der Waals surface area contributed by atoms with E-state index in [1.807, 2.05) is 121 Å². The van der Waals surface area contributed by atoms with Gasteiger partial charge in [-0.25, -0.2) is 9.59 Å². The molecular formula is C46H40N6O8. The molecule has 0 radical (unpaired) electrons. The van der Waals surface area contributed by atoms with Crippen molar-refractivity contribution in [3.8, 4) is 11.5 Å². The van der Waals surface area contributed by atoms with Gasteiger partial charge in [0.15, 0.2) is 12.1 Å². The predicted molar refractivity (Wildman–Crippen MR) is 225 cm³/mol. The lowest BCUT2D eigenvalue weighted by Gasteiger charge is -2.33. The summed E-state index contributed by atoms with van der Waals surface area (Å²) in [5, 5.41) is 34.3. The third-order valence-electron chi connectivity index (χ3n) is 10.9. The molecule has 0 fully saturated rings. The number of urea groups is 2. The number of allylic oxidation sites excluding steroid dienone is 2. The number of nitrogens with one attached hydrogen (secondary N) is 2. The number of nitro groups is 2. The van der Waals surface area contributed by atoms with E-state index in [1.54, 1.807) is 26.0 Å². The molecule has 14 nitrogen and oxygen atoms in total. The van der Waals surface area contributed by atoms with Crippen molar-refractivity contribution >= 4 is 33.6 Å². The highest BCUT2D eigenvalue weighted by molar-refractivity contribution is 5.91. The quantitative estimate of drug-likeness (QED) is 0.0662. The van der Waals surface area contributed by atoms with Crippen LogP contribution in [0.25, 0.3) is 21.5 Å². The van der Waals surface area contributed by atoms with Crippen molar-refractivity contribution in [1.29, 1.82) is 0 Å². The Morgan fingerprint density at radius 3 is 1.28 bits per heavy atom. The Labute approximate surface area is 344 Å². The monoisotopic (exact) mass is 804 g/mol. The Bertz CT molecular complexity index is 2530. The van der Waals surface area contributed by atoms with Crippen molar-refractivity contribution in [2.75, 3.05) is 13.2 Å². The summed E-state index contributed by atoms with van der Waals surface area (Å²) in [5.74, 6) is 0.606. The number of benzene rings is 6. The summed E-state index contributed by atoms with van der Waals surface area (Å²) in [7, 11) is 0. The van der Waals surface area contributed by atoms with E-state index in [0.717, 1.165) is 21.9 Å². The van der Waals surface area contributed by atoms with E-state index in [4.69, 9.17) is 9.47 Å². The van der Waals surface area contributed by atoms with E-state index in [0.29, 0.717) is 33.4 Å². The highest BCUT2D eigenvalue weighted by Crippen LogP contribution is 2.42. The average Bonchev–Trinajstić information content (AvgIpc) is 3.25. The summed E-state index contributed by atoms with van der Waals surface area (Å²) < 4.78 is 12.7. The summed E-state index contributed by atoms with van der Waals surface area (Å²) >= 11 is 0. The Balaban J connectivity index is 1.10. The van der Waals surface area contributed by atoms with Crippen LogP contribution in [0.15, 0.2) is 156 Å². The summed E-state index contributed by atoms with van der Waals surface area (Å²) in [5.41, 5.74) is 2.50. The summed E-state index contributed by atoms with van der Waals surface area (Å²) in [6.45, 7) is 3.34. The minimum atomic E-state index is -1.15. The standard InChI is InChI=1S/C46H40N6O8/c1-29-43(51(55)56)41(47-45(53)49(29)27-31-13-5-3-6-14-31)39-35-19-11-9-17-33(35)21-23-37(39)59-25-26-60-38-24-22-34-18-10-12-20-36(34)40(38)42-44(52(57)58)30(2)50(46(54)48-42)28-32-15-7-4-8-16-32/h3-24,41-42H,25-28H2,1-2H3,(H,47,53)(H,48,54). The molecule has 0 spiro atoms. The maximum atomic E-state index is 13.7. The second kappa shape index (κ2) is 16.6. The Morgan fingerprint density at radius 2 is 0.900 bits per heavy atom. The zero-order chi connectivity index (χ0) is 41.9. The first-order chi connectivity index (χ1) is 29.1. The molecule has 14 heteroatoms. The molecule has 60 heavy (non-hydrogen) atoms. The van der Waals surface area contributed by atoms with Crippen LogP contribution in [-0.2, 0) is 13.1 Å². The van der Waals surface area contributed by atoms with Gasteiger partial charge >= 0.3 is 12.1 Å². The number of rotatable bonds is 13. The number of ether oxygens (including phenoxy) is 2. The third-order valence-corrected chi connectivity index (χ3v) is 10.9. The fourth-order valence-electron chi connectivity index (χ4n) is 8.05. The number of amides is 4. The average molecular weight is 805 g/mol. The van der Waals surface area contributed by atoms with Gasteiger partial charge < -0.3 is 20.1 Å². The van der Waals surface area contributed by atoms with Gasteiger partial charge in [0.1, 0.15) is 24.7 Å². The number of carbonyl (C=O) groups is 2. The van der Waals surface area contributed by atoms with Crippen molar-refractivity contribution in [3.05, 3.63) is 199 Å². The molecule has 0 aromatic heterocycles. The summed E-state index contributed by atoms with van der Waals surface area (Å²) in [4.78, 5) is 54.8. The maximum absolute atomic E-state index is 13.7. The van der Waals surface area contributed by atoms with Crippen LogP contribution in [0.5, 0.6) is 11.5 Å². The van der Waals surface area contributed by atoms with Crippen LogP contribution in [0, 0.1) is 20.2 Å². The fraction of sp³-hybridized carbons (Fsp3) is 0.174. The molecule has 2 N–H and O–H groups in total. The molecule has 2 heterocycles. The smallest absolute Gasteiger partial charge is 0.323 e. The van der Waals surface area contributed by atoms with Crippen LogP contribution in [0.2, 0.25) is 0 Å². The van der Waals surface area contributed by atoms with Crippen LogP contribution >= 0.6 is 0 Å². The molecule has 0 saturated heterocycles. The van der Waals surface area contributed by atoms with Crippen molar-refractivity contribution < 1.29 is 28.9 Å². The first kappa shape index (κ1) is 39.1. The van der Waals surface area contributed by atoms with Crippen LogP contribution in [0.1, 0.15) is 48.2 Å².